The van der Waals surface area contributed by atoms with Crippen molar-refractivity contribution in [2.75, 3.05) is 24.3 Å². The van der Waals surface area contributed by atoms with Crippen LogP contribution in [0.1, 0.15) is 12.0 Å². The Hall–Kier alpha value is -2.20. The molecule has 2 aromatic rings. The van der Waals surface area contributed by atoms with E-state index in [9.17, 15) is 4.79 Å². The van der Waals surface area contributed by atoms with Gasteiger partial charge in [0.15, 0.2) is 0 Å². The van der Waals surface area contributed by atoms with Crippen molar-refractivity contribution in [2.45, 2.75) is 13.3 Å². The maximum atomic E-state index is 11.9. The lowest BCUT2D eigenvalue weighted by Crippen LogP contribution is -2.16. The number of amides is 1. The van der Waals surface area contributed by atoms with Crippen LogP contribution in [0.4, 0.5) is 11.4 Å². The quantitative estimate of drug-likeness (QED) is 0.843. The van der Waals surface area contributed by atoms with E-state index in [2.05, 4.69) is 10.6 Å². The molecule has 0 radical (unpaired) electrons. The second kappa shape index (κ2) is 7.71. The molecule has 2 rings (SSSR count). The second-order valence-corrected chi connectivity index (χ2v) is 5.35. The highest BCUT2D eigenvalue weighted by atomic mass is 35.5. The minimum absolute atomic E-state index is 0.0315. The molecule has 2 N–H and O–H groups in total. The Morgan fingerprint density at radius 3 is 2.45 bits per heavy atom. The molecule has 0 saturated carbocycles. The number of carbonyl (C=O) groups is 1. The van der Waals surface area contributed by atoms with Crippen LogP contribution in [0.2, 0.25) is 5.02 Å². The number of carbonyl (C=O) groups excluding carboxylic acids is 1. The number of ether oxygens (including phenoxy) is 1. The van der Waals surface area contributed by atoms with Gasteiger partial charge in [0.1, 0.15) is 5.75 Å². The first-order chi connectivity index (χ1) is 10.6. The third-order valence-corrected chi connectivity index (χ3v) is 3.46. The number of halogens is 1. The van der Waals surface area contributed by atoms with Crippen molar-refractivity contribution < 1.29 is 9.53 Å². The third-order valence-electron chi connectivity index (χ3n) is 3.17. The number of aryl methyl sites for hydroxylation is 1. The van der Waals surface area contributed by atoms with E-state index in [1.807, 2.05) is 37.3 Å². The number of nitrogens with one attached hydrogen (secondary N) is 2. The van der Waals surface area contributed by atoms with E-state index in [1.54, 1.807) is 19.2 Å². The summed E-state index contributed by atoms with van der Waals surface area (Å²) in [6.45, 7) is 2.54. The zero-order valence-corrected chi connectivity index (χ0v) is 13.4. The highest BCUT2D eigenvalue weighted by molar-refractivity contribution is 6.32. The molecule has 5 heteroatoms. The van der Waals surface area contributed by atoms with Crippen LogP contribution in [-0.2, 0) is 4.79 Å². The molecule has 0 aliphatic carbocycles. The molecule has 0 heterocycles. The van der Waals surface area contributed by atoms with E-state index < -0.39 is 0 Å². The Labute approximate surface area is 135 Å². The Bertz CT molecular complexity index is 642. The van der Waals surface area contributed by atoms with Crippen LogP contribution < -0.4 is 15.4 Å². The summed E-state index contributed by atoms with van der Waals surface area (Å²) in [6.07, 6.45) is 0.373. The van der Waals surface area contributed by atoms with Crippen molar-refractivity contribution >= 4 is 28.9 Å². The smallest absolute Gasteiger partial charge is 0.226 e. The van der Waals surface area contributed by atoms with Crippen LogP contribution in [0.5, 0.6) is 5.75 Å². The second-order valence-electron chi connectivity index (χ2n) is 4.94. The van der Waals surface area contributed by atoms with Crippen LogP contribution in [0.15, 0.2) is 42.5 Å². The van der Waals surface area contributed by atoms with Gasteiger partial charge in [0.05, 0.1) is 12.1 Å². The van der Waals surface area contributed by atoms with E-state index in [4.69, 9.17) is 16.3 Å². The maximum Gasteiger partial charge on any atom is 0.226 e. The SMILES string of the molecule is COc1ccc(NCCC(=O)Nc2ccc(C)cc2)cc1Cl. The van der Waals surface area contributed by atoms with Crippen molar-refractivity contribution in [3.8, 4) is 5.75 Å². The Kier molecular flexibility index (Phi) is 5.67. The van der Waals surface area contributed by atoms with Gasteiger partial charge in [0.25, 0.3) is 0 Å². The van der Waals surface area contributed by atoms with E-state index in [0.717, 1.165) is 16.9 Å². The van der Waals surface area contributed by atoms with Gasteiger partial charge >= 0.3 is 0 Å². The Balaban J connectivity index is 1.79. The van der Waals surface area contributed by atoms with Gasteiger partial charge in [0.2, 0.25) is 5.91 Å². The lowest BCUT2D eigenvalue weighted by atomic mass is 10.2. The summed E-state index contributed by atoms with van der Waals surface area (Å²) in [4.78, 5) is 11.9. The molecule has 0 bridgehead atoms. The number of benzene rings is 2. The number of anilines is 2. The molecule has 0 aromatic heterocycles. The molecule has 0 saturated heterocycles. The van der Waals surface area contributed by atoms with Crippen LogP contribution in [0, 0.1) is 6.92 Å². The van der Waals surface area contributed by atoms with Crippen LogP contribution >= 0.6 is 11.6 Å². The summed E-state index contributed by atoms with van der Waals surface area (Å²) in [5, 5.41) is 6.56. The molecule has 0 aliphatic heterocycles. The van der Waals surface area contributed by atoms with Crippen molar-refractivity contribution in [3.05, 3.63) is 53.1 Å². The zero-order chi connectivity index (χ0) is 15.9. The average molecular weight is 319 g/mol. The van der Waals surface area contributed by atoms with E-state index in [0.29, 0.717) is 23.7 Å². The summed E-state index contributed by atoms with van der Waals surface area (Å²) >= 11 is 6.05. The predicted molar refractivity (Wildman–Crippen MR) is 90.9 cm³/mol. The minimum Gasteiger partial charge on any atom is -0.495 e. The first-order valence-electron chi connectivity index (χ1n) is 7.02. The molecule has 0 atom stereocenters. The fraction of sp³-hybridized carbons (Fsp3) is 0.235. The normalized spacial score (nSPS) is 10.1. The largest absolute Gasteiger partial charge is 0.495 e. The Morgan fingerprint density at radius 1 is 1.14 bits per heavy atom. The summed E-state index contributed by atoms with van der Waals surface area (Å²) in [5.41, 5.74) is 2.83. The van der Waals surface area contributed by atoms with Gasteiger partial charge in [-0.05, 0) is 37.3 Å². The summed E-state index contributed by atoms with van der Waals surface area (Å²) < 4.78 is 5.09. The molecule has 1 amide bonds. The summed E-state index contributed by atoms with van der Waals surface area (Å²) in [7, 11) is 1.57. The molecule has 2 aromatic carbocycles. The molecule has 22 heavy (non-hydrogen) atoms. The molecule has 0 spiro atoms. The van der Waals surface area contributed by atoms with Crippen LogP contribution in [0.3, 0.4) is 0 Å². The summed E-state index contributed by atoms with van der Waals surface area (Å²) in [5.74, 6) is 0.597. The van der Waals surface area contributed by atoms with Gasteiger partial charge in [-0.1, -0.05) is 29.3 Å². The monoisotopic (exact) mass is 318 g/mol. The average Bonchev–Trinajstić information content (AvgIpc) is 2.50. The topological polar surface area (TPSA) is 50.4 Å². The highest BCUT2D eigenvalue weighted by Gasteiger charge is 2.04. The molecule has 4 nitrogen and oxygen atoms in total. The maximum absolute atomic E-state index is 11.9. The van der Waals surface area contributed by atoms with Gasteiger partial charge in [0, 0.05) is 24.3 Å². The molecular weight excluding hydrogens is 300 g/mol. The minimum atomic E-state index is -0.0315. The van der Waals surface area contributed by atoms with Crippen LogP contribution in [0.25, 0.3) is 0 Å². The number of hydrogen-bond donors (Lipinski definition) is 2. The molecule has 0 fully saturated rings. The molecule has 0 aliphatic rings. The number of hydrogen-bond acceptors (Lipinski definition) is 3. The van der Waals surface area contributed by atoms with Gasteiger partial charge in [-0.2, -0.15) is 0 Å². The number of methoxy groups -OCH3 is 1. The lowest BCUT2D eigenvalue weighted by Gasteiger charge is -2.09. The van der Waals surface area contributed by atoms with Gasteiger partial charge in [-0.25, -0.2) is 0 Å². The molecule has 116 valence electrons. The van der Waals surface area contributed by atoms with Gasteiger partial charge < -0.3 is 15.4 Å². The van der Waals surface area contributed by atoms with Gasteiger partial charge in [-0.15, -0.1) is 0 Å². The van der Waals surface area contributed by atoms with Gasteiger partial charge in [-0.3, -0.25) is 4.79 Å². The highest BCUT2D eigenvalue weighted by Crippen LogP contribution is 2.27. The van der Waals surface area contributed by atoms with Crippen molar-refractivity contribution in [2.24, 2.45) is 0 Å². The predicted octanol–water partition coefficient (Wildman–Crippen LogP) is 4.10. The fourth-order valence-corrected chi connectivity index (χ4v) is 2.21. The molecular formula is C17H19ClN2O2. The van der Waals surface area contributed by atoms with E-state index in [-0.39, 0.29) is 5.91 Å². The van der Waals surface area contributed by atoms with E-state index >= 15 is 0 Å². The first-order valence-corrected chi connectivity index (χ1v) is 7.40. The van der Waals surface area contributed by atoms with Crippen molar-refractivity contribution in [1.82, 2.24) is 0 Å². The fourth-order valence-electron chi connectivity index (χ4n) is 1.96. The van der Waals surface area contributed by atoms with E-state index in [1.165, 1.54) is 0 Å². The van der Waals surface area contributed by atoms with Crippen molar-refractivity contribution in [3.63, 3.8) is 0 Å². The Morgan fingerprint density at radius 2 is 1.82 bits per heavy atom. The third kappa shape index (κ3) is 4.67. The van der Waals surface area contributed by atoms with Crippen molar-refractivity contribution in [1.29, 1.82) is 0 Å². The van der Waals surface area contributed by atoms with Crippen LogP contribution in [-0.4, -0.2) is 19.6 Å². The standard InChI is InChI=1S/C17H19ClN2O2/c1-12-3-5-13(6-4-12)20-17(21)9-10-19-14-7-8-16(22-2)15(18)11-14/h3-8,11,19H,9-10H2,1-2H3,(H,20,21). The molecule has 0 unspecified atom stereocenters. The number of rotatable bonds is 6. The lowest BCUT2D eigenvalue weighted by molar-refractivity contribution is -0.115. The zero-order valence-electron chi connectivity index (χ0n) is 12.7. The summed E-state index contributed by atoms with van der Waals surface area (Å²) in [6, 6.07) is 13.1. The first kappa shape index (κ1) is 16.2.